The average molecular weight is 312 g/mol. The molecule has 0 atom stereocenters. The minimum absolute atomic E-state index is 0.161. The smallest absolute Gasteiger partial charge is 0.399 e. The van der Waals surface area contributed by atoms with Gasteiger partial charge in [0, 0.05) is 11.4 Å². The second-order valence-electron chi connectivity index (χ2n) is 4.23. The van der Waals surface area contributed by atoms with Crippen LogP contribution in [0.1, 0.15) is 11.1 Å². The van der Waals surface area contributed by atoms with Crippen molar-refractivity contribution in [2.24, 2.45) is 0 Å². The number of nitrogens with two attached hydrogens (primary N) is 1. The van der Waals surface area contributed by atoms with Crippen LogP contribution in [0.25, 0.3) is 0 Å². The molecule has 21 heavy (non-hydrogen) atoms. The summed E-state index contributed by atoms with van der Waals surface area (Å²) < 4.78 is 38.6. The van der Waals surface area contributed by atoms with Crippen LogP contribution in [0.4, 0.5) is 30.2 Å². The SMILES string of the molecule is N#Cc1ccc(Nc2cc(N)ccc2Cl)cc1C(F)(F)F. The summed E-state index contributed by atoms with van der Waals surface area (Å²) in [5.74, 6) is 0. The minimum Gasteiger partial charge on any atom is -0.399 e. The molecule has 108 valence electrons. The second kappa shape index (κ2) is 5.54. The molecular weight excluding hydrogens is 303 g/mol. The highest BCUT2D eigenvalue weighted by Gasteiger charge is 2.33. The van der Waals surface area contributed by atoms with Crippen molar-refractivity contribution in [3.63, 3.8) is 0 Å². The number of nitrogen functional groups attached to an aromatic ring is 1. The Kier molecular flexibility index (Phi) is 3.96. The average Bonchev–Trinajstić information content (AvgIpc) is 2.42. The van der Waals surface area contributed by atoms with Crippen LogP contribution >= 0.6 is 11.6 Å². The largest absolute Gasteiger partial charge is 0.417 e. The topological polar surface area (TPSA) is 61.8 Å². The number of nitrogens with one attached hydrogen (secondary N) is 1. The maximum absolute atomic E-state index is 12.9. The van der Waals surface area contributed by atoms with Crippen LogP contribution in [0.3, 0.4) is 0 Å². The van der Waals surface area contributed by atoms with Gasteiger partial charge in [0.15, 0.2) is 0 Å². The van der Waals surface area contributed by atoms with E-state index in [1.54, 1.807) is 6.07 Å². The lowest BCUT2D eigenvalue weighted by Gasteiger charge is -2.13. The van der Waals surface area contributed by atoms with Crippen LogP contribution in [0.15, 0.2) is 36.4 Å². The molecule has 0 aliphatic rings. The molecule has 2 aromatic rings. The van der Waals surface area contributed by atoms with Crippen molar-refractivity contribution >= 4 is 28.7 Å². The van der Waals surface area contributed by atoms with E-state index in [2.05, 4.69) is 5.32 Å². The Balaban J connectivity index is 2.42. The first-order valence-corrected chi connectivity index (χ1v) is 6.12. The zero-order valence-electron chi connectivity index (χ0n) is 10.5. The normalized spacial score (nSPS) is 11.0. The predicted octanol–water partition coefficient (Wildman–Crippen LogP) is 4.56. The number of rotatable bonds is 2. The van der Waals surface area contributed by atoms with Gasteiger partial charge in [0.25, 0.3) is 0 Å². The fraction of sp³-hybridized carbons (Fsp3) is 0.0714. The number of benzene rings is 2. The molecule has 3 N–H and O–H groups in total. The van der Waals surface area contributed by atoms with Gasteiger partial charge in [-0.15, -0.1) is 0 Å². The molecule has 0 bridgehead atoms. The van der Waals surface area contributed by atoms with E-state index in [-0.39, 0.29) is 5.69 Å². The molecule has 0 amide bonds. The number of halogens is 4. The molecule has 0 fully saturated rings. The van der Waals surface area contributed by atoms with E-state index in [1.807, 2.05) is 0 Å². The van der Waals surface area contributed by atoms with Crippen molar-refractivity contribution in [1.82, 2.24) is 0 Å². The molecule has 0 spiro atoms. The lowest BCUT2D eigenvalue weighted by atomic mass is 10.1. The van der Waals surface area contributed by atoms with E-state index in [0.717, 1.165) is 12.1 Å². The molecule has 0 aliphatic heterocycles. The predicted molar refractivity (Wildman–Crippen MR) is 75.3 cm³/mol. The molecule has 0 saturated heterocycles. The van der Waals surface area contributed by atoms with Crippen molar-refractivity contribution < 1.29 is 13.2 Å². The summed E-state index contributed by atoms with van der Waals surface area (Å²) in [5, 5.41) is 11.8. The number of alkyl halides is 3. The van der Waals surface area contributed by atoms with E-state index in [0.29, 0.717) is 16.4 Å². The van der Waals surface area contributed by atoms with Crippen molar-refractivity contribution in [1.29, 1.82) is 5.26 Å². The Bertz CT molecular complexity index is 720. The fourth-order valence-electron chi connectivity index (χ4n) is 1.75. The van der Waals surface area contributed by atoms with Crippen LogP contribution in [0, 0.1) is 11.3 Å². The molecule has 0 radical (unpaired) electrons. The summed E-state index contributed by atoms with van der Waals surface area (Å²) in [4.78, 5) is 0. The maximum Gasteiger partial charge on any atom is 0.417 e. The van der Waals surface area contributed by atoms with Crippen LogP contribution in [0.2, 0.25) is 5.02 Å². The molecule has 0 aliphatic carbocycles. The number of nitriles is 1. The zero-order chi connectivity index (χ0) is 15.6. The lowest BCUT2D eigenvalue weighted by Crippen LogP contribution is -2.08. The fourth-order valence-corrected chi connectivity index (χ4v) is 1.91. The van der Waals surface area contributed by atoms with Gasteiger partial charge in [-0.05, 0) is 36.4 Å². The van der Waals surface area contributed by atoms with Crippen LogP contribution in [-0.4, -0.2) is 0 Å². The third-order valence-corrected chi connectivity index (χ3v) is 3.04. The number of hydrogen-bond acceptors (Lipinski definition) is 3. The molecule has 0 heterocycles. The summed E-state index contributed by atoms with van der Waals surface area (Å²) in [6.45, 7) is 0. The standard InChI is InChI=1S/C14H9ClF3N3/c15-12-4-2-9(20)5-13(12)21-10-3-1-8(7-19)11(6-10)14(16,17)18/h1-6,21H,20H2. The summed E-state index contributed by atoms with van der Waals surface area (Å²) in [6, 6.07) is 9.47. The molecule has 0 saturated carbocycles. The van der Waals surface area contributed by atoms with Gasteiger partial charge in [-0.25, -0.2) is 0 Å². The minimum atomic E-state index is -4.61. The maximum atomic E-state index is 12.9. The molecule has 0 aromatic heterocycles. The Morgan fingerprint density at radius 2 is 1.86 bits per heavy atom. The van der Waals surface area contributed by atoms with Gasteiger partial charge in [-0.3, -0.25) is 0 Å². The highest BCUT2D eigenvalue weighted by molar-refractivity contribution is 6.33. The van der Waals surface area contributed by atoms with E-state index in [9.17, 15) is 13.2 Å². The number of anilines is 3. The van der Waals surface area contributed by atoms with Gasteiger partial charge in [0.2, 0.25) is 0 Å². The van der Waals surface area contributed by atoms with Gasteiger partial charge in [0.05, 0.1) is 27.9 Å². The van der Waals surface area contributed by atoms with Crippen molar-refractivity contribution in [3.8, 4) is 6.07 Å². The Morgan fingerprint density at radius 1 is 1.14 bits per heavy atom. The molecular formula is C14H9ClF3N3. The first-order valence-electron chi connectivity index (χ1n) is 5.74. The van der Waals surface area contributed by atoms with Crippen LogP contribution in [-0.2, 0) is 6.18 Å². The monoisotopic (exact) mass is 311 g/mol. The quantitative estimate of drug-likeness (QED) is 0.799. The summed E-state index contributed by atoms with van der Waals surface area (Å²) in [6.07, 6.45) is -4.61. The third kappa shape index (κ3) is 3.38. The molecule has 3 nitrogen and oxygen atoms in total. The van der Waals surface area contributed by atoms with Gasteiger partial charge >= 0.3 is 6.18 Å². The summed E-state index contributed by atoms with van der Waals surface area (Å²) >= 11 is 5.94. The van der Waals surface area contributed by atoms with E-state index < -0.39 is 17.3 Å². The Hall–Kier alpha value is -2.39. The third-order valence-electron chi connectivity index (χ3n) is 2.71. The Labute approximate surface area is 123 Å². The molecule has 7 heteroatoms. The Morgan fingerprint density at radius 3 is 2.48 bits per heavy atom. The van der Waals surface area contributed by atoms with Crippen molar-refractivity contribution in [2.75, 3.05) is 11.1 Å². The van der Waals surface area contributed by atoms with Gasteiger partial charge in [0.1, 0.15) is 0 Å². The van der Waals surface area contributed by atoms with E-state index in [4.69, 9.17) is 22.6 Å². The van der Waals surface area contributed by atoms with Crippen molar-refractivity contribution in [3.05, 3.63) is 52.5 Å². The highest BCUT2D eigenvalue weighted by Crippen LogP contribution is 2.35. The molecule has 2 rings (SSSR count). The first-order chi connectivity index (χ1) is 9.81. The van der Waals surface area contributed by atoms with Gasteiger partial charge < -0.3 is 11.1 Å². The number of nitrogens with zero attached hydrogens (tertiary/aromatic N) is 1. The summed E-state index contributed by atoms with van der Waals surface area (Å²) in [7, 11) is 0. The number of hydrogen-bond donors (Lipinski definition) is 2. The van der Waals surface area contributed by atoms with Crippen molar-refractivity contribution in [2.45, 2.75) is 6.18 Å². The van der Waals surface area contributed by atoms with E-state index in [1.165, 1.54) is 24.3 Å². The van der Waals surface area contributed by atoms with Crippen LogP contribution in [0.5, 0.6) is 0 Å². The molecule has 2 aromatic carbocycles. The lowest BCUT2D eigenvalue weighted by molar-refractivity contribution is -0.137. The second-order valence-corrected chi connectivity index (χ2v) is 4.64. The molecule has 0 unspecified atom stereocenters. The van der Waals surface area contributed by atoms with Gasteiger partial charge in [-0.1, -0.05) is 11.6 Å². The van der Waals surface area contributed by atoms with Crippen LogP contribution < -0.4 is 11.1 Å². The summed E-state index contributed by atoms with van der Waals surface area (Å²) in [5.41, 5.74) is 5.13. The highest BCUT2D eigenvalue weighted by atomic mass is 35.5. The van der Waals surface area contributed by atoms with Gasteiger partial charge in [-0.2, -0.15) is 18.4 Å². The first kappa shape index (κ1) is 15.0. The van der Waals surface area contributed by atoms with E-state index >= 15 is 0 Å². The zero-order valence-corrected chi connectivity index (χ0v) is 11.3.